The summed E-state index contributed by atoms with van der Waals surface area (Å²) in [7, 11) is -6.99. The van der Waals surface area contributed by atoms with E-state index in [0.717, 1.165) is 22.8 Å². The van der Waals surface area contributed by atoms with Crippen LogP contribution < -0.4 is 10.4 Å². The molecule has 0 amide bonds. The summed E-state index contributed by atoms with van der Waals surface area (Å²) < 4.78 is 19.3. The lowest BCUT2D eigenvalue weighted by Crippen LogP contribution is -2.69. The first kappa shape index (κ1) is 24.5. The molecule has 0 heterocycles. The highest BCUT2D eigenvalue weighted by atomic mass is 28.5. The monoisotopic (exact) mass is 458 g/mol. The van der Waals surface area contributed by atoms with Gasteiger partial charge in [-0.05, 0) is 55.6 Å². The number of ether oxygens (including phenoxy) is 1. The molecule has 0 bridgehead atoms. The average Bonchev–Trinajstić information content (AvgIpc) is 2.70. The van der Waals surface area contributed by atoms with Crippen LogP contribution in [0.25, 0.3) is 0 Å². The molecule has 0 unspecified atom stereocenters. The van der Waals surface area contributed by atoms with Crippen molar-refractivity contribution in [1.82, 2.24) is 0 Å². The third-order valence-corrected chi connectivity index (χ3v) is 15.2. The van der Waals surface area contributed by atoms with Crippen LogP contribution in [0, 0.1) is 0 Å². The minimum atomic E-state index is -2.91. The average molecular weight is 459 g/mol. The highest BCUT2D eigenvalue weighted by molar-refractivity contribution is 7.02. The second kappa shape index (κ2) is 10.5. The minimum absolute atomic E-state index is 0.380. The van der Waals surface area contributed by atoms with Gasteiger partial charge in [0.25, 0.3) is 0 Å². The van der Waals surface area contributed by atoms with Crippen molar-refractivity contribution >= 4 is 41.5 Å². The van der Waals surface area contributed by atoms with Crippen LogP contribution in [0.1, 0.15) is 6.42 Å². The number of hydrogen-bond acceptors (Lipinski definition) is 4. The van der Waals surface area contributed by atoms with Crippen molar-refractivity contribution in [3.63, 3.8) is 0 Å². The zero-order valence-corrected chi connectivity index (χ0v) is 21.8. The van der Waals surface area contributed by atoms with E-state index in [1.165, 1.54) is 6.08 Å². The summed E-state index contributed by atoms with van der Waals surface area (Å²) in [5.74, 6) is -0.380. The van der Waals surface area contributed by atoms with E-state index in [1.54, 1.807) is 0 Å². The zero-order valence-electron chi connectivity index (χ0n) is 18.8. The van der Waals surface area contributed by atoms with Crippen LogP contribution in [0.2, 0.25) is 38.8 Å². The fraction of sp³-hybridized carbons (Fsp3) is 0.348. The second-order valence-electron chi connectivity index (χ2n) is 8.90. The Morgan fingerprint density at radius 1 is 0.867 bits per heavy atom. The molecule has 0 spiro atoms. The molecule has 0 aromatic heterocycles. The molecule has 0 saturated carbocycles. The van der Waals surface area contributed by atoms with Gasteiger partial charge in [0.15, 0.2) is 16.6 Å². The number of esters is 1. The Kier molecular flexibility index (Phi) is 8.57. The first-order chi connectivity index (χ1) is 14.1. The maximum absolute atomic E-state index is 11.3. The van der Waals surface area contributed by atoms with E-state index >= 15 is 0 Å². The topological polar surface area (TPSA) is 44.8 Å². The Bertz CT molecular complexity index is 778. The molecule has 0 radical (unpaired) electrons. The molecular weight excluding hydrogens is 425 g/mol. The van der Waals surface area contributed by atoms with Crippen molar-refractivity contribution in [1.29, 1.82) is 0 Å². The van der Waals surface area contributed by atoms with Crippen LogP contribution in [-0.4, -0.2) is 37.8 Å². The Balaban J connectivity index is 2.39. The summed E-state index contributed by atoms with van der Waals surface area (Å²) in [5.41, 5.74) is 0. The van der Waals surface area contributed by atoms with Crippen LogP contribution in [0.15, 0.2) is 73.3 Å². The summed E-state index contributed by atoms with van der Waals surface area (Å²) in [6.07, 6.45) is 1.96. The van der Waals surface area contributed by atoms with Crippen molar-refractivity contribution in [2.24, 2.45) is 0 Å². The highest BCUT2D eigenvalue weighted by Crippen LogP contribution is 2.24. The predicted octanol–water partition coefficient (Wildman–Crippen LogP) is 4.44. The minimum Gasteiger partial charge on any atom is -0.463 e. The van der Waals surface area contributed by atoms with Crippen molar-refractivity contribution in [3.05, 3.63) is 73.3 Å². The quantitative estimate of drug-likeness (QED) is 0.216. The molecule has 0 saturated heterocycles. The molecule has 7 heteroatoms. The first-order valence-electron chi connectivity index (χ1n) is 10.4. The van der Waals surface area contributed by atoms with E-state index in [0.29, 0.717) is 6.61 Å². The normalized spacial score (nSPS) is 12.4. The van der Waals surface area contributed by atoms with Crippen molar-refractivity contribution in [3.8, 4) is 0 Å². The largest absolute Gasteiger partial charge is 0.463 e. The fourth-order valence-corrected chi connectivity index (χ4v) is 15.3. The van der Waals surface area contributed by atoms with Gasteiger partial charge in [0.2, 0.25) is 0 Å². The molecule has 0 aliphatic rings. The Morgan fingerprint density at radius 3 is 1.80 bits per heavy atom. The summed E-state index contributed by atoms with van der Waals surface area (Å²) in [6, 6.07) is 21.7. The zero-order chi connectivity index (χ0) is 22.3. The lowest BCUT2D eigenvalue weighted by atomic mass is 10.4. The van der Waals surface area contributed by atoms with E-state index in [4.69, 9.17) is 13.0 Å². The van der Waals surface area contributed by atoms with Gasteiger partial charge in [-0.1, -0.05) is 67.2 Å². The van der Waals surface area contributed by atoms with E-state index < -0.39 is 25.2 Å². The van der Waals surface area contributed by atoms with Crippen LogP contribution in [0.4, 0.5) is 0 Å². The molecule has 0 aliphatic carbocycles. The van der Waals surface area contributed by atoms with Crippen LogP contribution in [-0.2, 0) is 17.8 Å². The van der Waals surface area contributed by atoms with Crippen LogP contribution >= 0.6 is 0 Å². The number of rotatable bonds is 11. The maximum atomic E-state index is 11.3. The molecule has 0 N–H and O–H groups in total. The van der Waals surface area contributed by atoms with Crippen LogP contribution in [0.3, 0.4) is 0 Å². The van der Waals surface area contributed by atoms with Gasteiger partial charge in [0, 0.05) is 6.08 Å². The Morgan fingerprint density at radius 2 is 1.37 bits per heavy atom. The van der Waals surface area contributed by atoms with Crippen molar-refractivity contribution in [2.45, 2.75) is 45.2 Å². The number of hydrogen-bond donors (Lipinski definition) is 0. The molecule has 0 fully saturated rings. The van der Waals surface area contributed by atoms with E-state index in [-0.39, 0.29) is 5.97 Å². The SMILES string of the molecule is C=CC(=O)OCCC[Si](C)(C)O[Si](O[Si](C)(C)C)(c1ccccc1)c1ccccc1. The summed E-state index contributed by atoms with van der Waals surface area (Å²) in [5, 5.41) is 2.27. The van der Waals surface area contributed by atoms with Gasteiger partial charge in [-0.2, -0.15) is 0 Å². The van der Waals surface area contributed by atoms with E-state index in [1.807, 2.05) is 12.1 Å². The molecule has 162 valence electrons. The Labute approximate surface area is 184 Å². The lowest BCUT2D eigenvalue weighted by molar-refractivity contribution is -0.137. The first-order valence-corrected chi connectivity index (χ1v) is 18.7. The third kappa shape index (κ3) is 7.17. The van der Waals surface area contributed by atoms with E-state index in [9.17, 15) is 4.79 Å². The molecular formula is C23H34O4Si3. The van der Waals surface area contributed by atoms with Crippen molar-refractivity contribution < 1.29 is 17.8 Å². The molecule has 30 heavy (non-hydrogen) atoms. The summed E-state index contributed by atoms with van der Waals surface area (Å²) in [4.78, 5) is 11.3. The van der Waals surface area contributed by atoms with Gasteiger partial charge < -0.3 is 13.0 Å². The molecule has 0 atom stereocenters. The number of carbonyl (C=O) groups excluding carboxylic acids is 1. The standard InChI is InChI=1S/C23H34O4Si3/c1-7-23(24)25-19-14-20-29(5,6)27-30(26-28(2,3)4,21-15-10-8-11-16-21)22-17-12-9-13-18-22/h7-13,15-18H,1,14,19-20H2,2-6H3. The van der Waals surface area contributed by atoms with E-state index in [2.05, 4.69) is 87.8 Å². The van der Waals surface area contributed by atoms with Gasteiger partial charge in [0.05, 0.1) is 6.61 Å². The maximum Gasteiger partial charge on any atom is 0.386 e. The van der Waals surface area contributed by atoms with Crippen molar-refractivity contribution in [2.75, 3.05) is 6.61 Å². The molecule has 2 aromatic rings. The summed E-state index contributed by atoms with van der Waals surface area (Å²) >= 11 is 0. The molecule has 4 nitrogen and oxygen atoms in total. The highest BCUT2D eigenvalue weighted by Gasteiger charge is 2.49. The van der Waals surface area contributed by atoms with Gasteiger partial charge >= 0.3 is 14.5 Å². The fourth-order valence-electron chi connectivity index (χ4n) is 3.34. The third-order valence-electron chi connectivity index (χ3n) is 4.51. The molecule has 0 aliphatic heterocycles. The lowest BCUT2D eigenvalue weighted by Gasteiger charge is -2.42. The van der Waals surface area contributed by atoms with Gasteiger partial charge in [-0.25, -0.2) is 4.79 Å². The second-order valence-corrected chi connectivity index (χ2v) is 21.2. The predicted molar refractivity (Wildman–Crippen MR) is 131 cm³/mol. The van der Waals surface area contributed by atoms with Gasteiger partial charge in [-0.3, -0.25) is 0 Å². The van der Waals surface area contributed by atoms with Gasteiger partial charge in [0.1, 0.15) is 0 Å². The summed E-state index contributed by atoms with van der Waals surface area (Å²) in [6.45, 7) is 14.9. The smallest absolute Gasteiger partial charge is 0.386 e. The number of benzene rings is 2. The number of carbonyl (C=O) groups is 1. The van der Waals surface area contributed by atoms with Gasteiger partial charge in [-0.15, -0.1) is 0 Å². The molecule has 2 rings (SSSR count). The Hall–Kier alpha value is -1.78. The van der Waals surface area contributed by atoms with Crippen LogP contribution in [0.5, 0.6) is 0 Å². The molecule has 2 aromatic carbocycles.